The van der Waals surface area contributed by atoms with Gasteiger partial charge in [0.05, 0.1) is 42.6 Å². The summed E-state index contributed by atoms with van der Waals surface area (Å²) >= 11 is 0. The summed E-state index contributed by atoms with van der Waals surface area (Å²) in [5, 5.41) is 5.63. The van der Waals surface area contributed by atoms with Gasteiger partial charge >= 0.3 is 0 Å². The molecule has 298 valence electrons. The highest BCUT2D eigenvalue weighted by atomic mass is 16.2. The van der Waals surface area contributed by atoms with Crippen LogP contribution in [-0.2, 0) is 32.3 Å². The third-order valence-corrected chi connectivity index (χ3v) is 9.57. The predicted octanol–water partition coefficient (Wildman–Crippen LogP) is 6.76. The molecule has 0 aliphatic rings. The number of H-pyrrole nitrogens is 2. The lowest BCUT2D eigenvalue weighted by molar-refractivity contribution is -0.137. The van der Waals surface area contributed by atoms with E-state index in [0.29, 0.717) is 24.7 Å². The molecule has 0 aliphatic carbocycles. The van der Waals surface area contributed by atoms with Crippen LogP contribution in [0.1, 0.15) is 75.4 Å². The molecule has 0 radical (unpaired) electrons. The van der Waals surface area contributed by atoms with Gasteiger partial charge in [-0.25, -0.2) is 9.97 Å². The number of nitrogens with zero attached hydrogens (tertiary/aromatic N) is 5. The van der Waals surface area contributed by atoms with Crippen LogP contribution in [0.3, 0.4) is 0 Å². The van der Waals surface area contributed by atoms with E-state index in [-0.39, 0.29) is 36.7 Å². The molecule has 2 unspecified atom stereocenters. The fraction of sp³-hybridized carbons (Fsp3) is 0.267. The van der Waals surface area contributed by atoms with Gasteiger partial charge in [-0.1, -0.05) is 98.8 Å². The molecule has 0 fully saturated rings. The monoisotopic (exact) mass is 779 g/mol. The van der Waals surface area contributed by atoms with E-state index in [1.54, 1.807) is 28.4 Å². The molecule has 4 N–H and O–H groups in total. The quantitative estimate of drug-likeness (QED) is 0.0793. The summed E-state index contributed by atoms with van der Waals surface area (Å²) in [6.45, 7) is 8.37. The Labute approximate surface area is 338 Å². The molecule has 0 saturated carbocycles. The number of pyridine rings is 1. The number of hydrogen-bond acceptors (Lipinski definition) is 7. The zero-order valence-electron chi connectivity index (χ0n) is 33.2. The summed E-state index contributed by atoms with van der Waals surface area (Å²) < 4.78 is 0. The second-order valence-corrected chi connectivity index (χ2v) is 14.1. The Kier molecular flexibility index (Phi) is 13.6. The van der Waals surface area contributed by atoms with Crippen molar-refractivity contribution >= 4 is 23.6 Å². The Balaban J connectivity index is 1.10. The number of carbonyl (C=O) groups excluding carboxylic acids is 4. The largest absolute Gasteiger partial charge is 0.341 e. The molecule has 13 heteroatoms. The maximum Gasteiger partial charge on any atom is 0.250 e. The fourth-order valence-corrected chi connectivity index (χ4v) is 6.80. The normalized spacial score (nSPS) is 12.0. The SMILES string of the molecule is CCCN(Cc1ncc(-c2ccc(-c3ccc(-c4cnc(CN(CCC)C(=O)C(NC(C)=O)c5ccccc5)[nH]4)cn3)cc2)[nH]1)C(=O)C(NC(C)=O)c1ccccc1. The molecule has 58 heavy (non-hydrogen) atoms. The smallest absolute Gasteiger partial charge is 0.250 e. The van der Waals surface area contributed by atoms with Crippen LogP contribution in [0.2, 0.25) is 0 Å². The van der Waals surface area contributed by atoms with Crippen molar-refractivity contribution < 1.29 is 19.2 Å². The highest BCUT2D eigenvalue weighted by Gasteiger charge is 2.28. The zero-order chi connectivity index (χ0) is 41.0. The summed E-state index contributed by atoms with van der Waals surface area (Å²) in [7, 11) is 0. The van der Waals surface area contributed by atoms with Crippen molar-refractivity contribution in [2.24, 2.45) is 0 Å². The number of benzene rings is 3. The lowest BCUT2D eigenvalue weighted by Crippen LogP contribution is -2.42. The summed E-state index contributed by atoms with van der Waals surface area (Å²) in [5.41, 5.74) is 6.54. The molecule has 0 spiro atoms. The Hall–Kier alpha value is -6.89. The van der Waals surface area contributed by atoms with Crippen LogP contribution in [-0.4, -0.2) is 71.4 Å². The van der Waals surface area contributed by atoms with Gasteiger partial charge in [0.25, 0.3) is 0 Å². The summed E-state index contributed by atoms with van der Waals surface area (Å²) in [5.74, 6) is 0.311. The first-order chi connectivity index (χ1) is 28.1. The van der Waals surface area contributed by atoms with Gasteiger partial charge < -0.3 is 30.4 Å². The molecule has 6 aromatic rings. The summed E-state index contributed by atoms with van der Waals surface area (Å²) in [6, 6.07) is 28.8. The first kappa shape index (κ1) is 40.8. The second-order valence-electron chi connectivity index (χ2n) is 14.1. The molecule has 2 atom stereocenters. The molecule has 3 aromatic heterocycles. The number of amides is 4. The van der Waals surface area contributed by atoms with Crippen LogP contribution < -0.4 is 10.6 Å². The van der Waals surface area contributed by atoms with Crippen molar-refractivity contribution in [1.82, 2.24) is 45.4 Å². The maximum atomic E-state index is 13.7. The van der Waals surface area contributed by atoms with E-state index in [9.17, 15) is 19.2 Å². The van der Waals surface area contributed by atoms with Crippen molar-refractivity contribution in [2.45, 2.75) is 65.7 Å². The molecule has 13 nitrogen and oxygen atoms in total. The van der Waals surface area contributed by atoms with E-state index in [4.69, 9.17) is 4.98 Å². The van der Waals surface area contributed by atoms with Crippen molar-refractivity contribution in [2.75, 3.05) is 13.1 Å². The van der Waals surface area contributed by atoms with Gasteiger partial charge in [-0.15, -0.1) is 0 Å². The number of rotatable bonds is 17. The van der Waals surface area contributed by atoms with E-state index in [1.807, 2.05) is 111 Å². The van der Waals surface area contributed by atoms with Crippen molar-refractivity contribution in [1.29, 1.82) is 0 Å². The van der Waals surface area contributed by atoms with Crippen LogP contribution in [0.15, 0.2) is 116 Å². The topological polar surface area (TPSA) is 169 Å². The summed E-state index contributed by atoms with van der Waals surface area (Å²) in [4.78, 5) is 75.5. The van der Waals surface area contributed by atoms with Crippen LogP contribution in [0.25, 0.3) is 33.8 Å². The minimum Gasteiger partial charge on any atom is -0.341 e. The summed E-state index contributed by atoms with van der Waals surface area (Å²) in [6.07, 6.45) is 6.77. The van der Waals surface area contributed by atoms with Crippen LogP contribution >= 0.6 is 0 Å². The van der Waals surface area contributed by atoms with Gasteiger partial charge in [0.15, 0.2) is 0 Å². The van der Waals surface area contributed by atoms with Gasteiger partial charge in [-0.3, -0.25) is 24.2 Å². The van der Waals surface area contributed by atoms with E-state index in [2.05, 4.69) is 30.6 Å². The van der Waals surface area contributed by atoms with E-state index >= 15 is 0 Å². The second kappa shape index (κ2) is 19.3. The average Bonchev–Trinajstić information content (AvgIpc) is 3.92. The van der Waals surface area contributed by atoms with E-state index in [0.717, 1.165) is 57.7 Å². The zero-order valence-corrected chi connectivity index (χ0v) is 33.2. The van der Waals surface area contributed by atoms with Crippen molar-refractivity contribution in [3.63, 3.8) is 0 Å². The highest BCUT2D eigenvalue weighted by Crippen LogP contribution is 2.26. The number of aromatic amines is 2. The van der Waals surface area contributed by atoms with Crippen LogP contribution in [0.5, 0.6) is 0 Å². The third-order valence-electron chi connectivity index (χ3n) is 9.57. The van der Waals surface area contributed by atoms with Crippen molar-refractivity contribution in [3.8, 4) is 33.8 Å². The molecular weight excluding hydrogens is 731 g/mol. The number of imidazole rings is 2. The minimum absolute atomic E-state index is 0.195. The third kappa shape index (κ3) is 10.3. The number of nitrogens with one attached hydrogen (secondary N) is 4. The fourth-order valence-electron chi connectivity index (χ4n) is 6.80. The number of hydrogen-bond donors (Lipinski definition) is 4. The van der Waals surface area contributed by atoms with Gasteiger partial charge in [0.2, 0.25) is 23.6 Å². The Morgan fingerprint density at radius 3 is 1.40 bits per heavy atom. The lowest BCUT2D eigenvalue weighted by atomic mass is 10.1. The minimum atomic E-state index is -0.794. The number of carbonyl (C=O) groups is 4. The molecule has 3 aromatic carbocycles. The van der Waals surface area contributed by atoms with Gasteiger partial charge in [0.1, 0.15) is 23.7 Å². The highest BCUT2D eigenvalue weighted by molar-refractivity contribution is 5.89. The number of aromatic nitrogens is 5. The molecular formula is C45H49N9O4. The lowest BCUT2D eigenvalue weighted by Gasteiger charge is -2.27. The predicted molar refractivity (Wildman–Crippen MR) is 222 cm³/mol. The van der Waals surface area contributed by atoms with Crippen LogP contribution in [0, 0.1) is 0 Å². The first-order valence-corrected chi connectivity index (χ1v) is 19.5. The standard InChI is InChI=1S/C45H49N9O4/c1-5-23-53(44(57)42(49-30(3)55)34-13-9-7-10-14-34)28-40-47-26-38(51-40)33-19-17-32(18-20-33)37-22-21-36(25-46-37)39-27-48-41(52-39)29-54(24-6-2)45(58)43(50-31(4)56)35-15-11-8-12-16-35/h7-22,25-27,42-43H,5-6,23-24,28-29H2,1-4H3,(H,47,51)(H,48,52)(H,49,55)(H,50,56). The van der Waals surface area contributed by atoms with Gasteiger partial charge in [-0.05, 0) is 41.7 Å². The Morgan fingerprint density at radius 2 is 0.983 bits per heavy atom. The molecule has 6 rings (SSSR count). The van der Waals surface area contributed by atoms with Gasteiger partial charge in [0, 0.05) is 44.3 Å². The van der Waals surface area contributed by atoms with E-state index < -0.39 is 12.1 Å². The molecule has 4 amide bonds. The Bertz CT molecular complexity index is 2120. The van der Waals surface area contributed by atoms with Gasteiger partial charge in [-0.2, -0.15) is 0 Å². The molecule has 0 saturated heterocycles. The van der Waals surface area contributed by atoms with E-state index in [1.165, 1.54) is 13.8 Å². The molecule has 0 bridgehead atoms. The molecule has 3 heterocycles. The van der Waals surface area contributed by atoms with Crippen molar-refractivity contribution in [3.05, 3.63) is 138 Å². The van der Waals surface area contributed by atoms with Crippen LogP contribution in [0.4, 0.5) is 0 Å². The maximum absolute atomic E-state index is 13.7. The average molecular weight is 780 g/mol. The first-order valence-electron chi connectivity index (χ1n) is 19.5. The Morgan fingerprint density at radius 1 is 0.552 bits per heavy atom. The molecule has 0 aliphatic heterocycles.